The van der Waals surface area contributed by atoms with Gasteiger partial charge in [0.25, 0.3) is 0 Å². The van der Waals surface area contributed by atoms with Crippen molar-refractivity contribution in [3.8, 4) is 5.75 Å². The minimum atomic E-state index is -0.409. The molecular weight excluding hydrogens is 176 g/mol. The fourth-order valence-corrected chi connectivity index (χ4v) is 0.930. The van der Waals surface area contributed by atoms with Gasteiger partial charge < -0.3 is 15.4 Å². The summed E-state index contributed by atoms with van der Waals surface area (Å²) < 4.78 is 0. The summed E-state index contributed by atoms with van der Waals surface area (Å²) in [7, 11) is 1.19. The summed E-state index contributed by atoms with van der Waals surface area (Å²) in [5, 5.41) is 39.1. The molecule has 0 spiro atoms. The fourth-order valence-electron chi connectivity index (χ4n) is 0.930. The number of nitrogens with zero attached hydrogens (tertiary/aromatic N) is 2. The van der Waals surface area contributed by atoms with Gasteiger partial charge in [0.05, 0.1) is 5.69 Å². The Morgan fingerprint density at radius 1 is 1.23 bits per heavy atom. The average Bonchev–Trinajstić information content (AvgIpc) is 2.03. The summed E-state index contributed by atoms with van der Waals surface area (Å²) >= 11 is 0. The van der Waals surface area contributed by atoms with E-state index in [2.05, 4.69) is 0 Å². The van der Waals surface area contributed by atoms with Crippen molar-refractivity contribution in [1.82, 2.24) is 0 Å². The first-order valence-electron chi connectivity index (χ1n) is 3.42. The predicted octanol–water partition coefficient (Wildman–Crippen LogP) is 0.279. The molecule has 0 aromatic heterocycles. The molecule has 6 heteroatoms. The average molecular weight is 184 g/mol. The highest BCUT2D eigenvalue weighted by Crippen LogP contribution is 2.29. The van der Waals surface area contributed by atoms with Crippen LogP contribution in [0.2, 0.25) is 0 Å². The molecular formula is C7H8N2O4-2. The highest BCUT2D eigenvalue weighted by molar-refractivity contribution is 5.70. The maximum absolute atomic E-state index is 10.8. The van der Waals surface area contributed by atoms with Gasteiger partial charge in [-0.05, 0) is 19.2 Å². The fraction of sp³-hybridized carbons (Fsp3) is 0.143. The lowest BCUT2D eigenvalue weighted by molar-refractivity contribution is -0.268. The van der Waals surface area contributed by atoms with Crippen LogP contribution in [0.5, 0.6) is 5.75 Å². The van der Waals surface area contributed by atoms with Gasteiger partial charge in [0, 0.05) is 0 Å². The van der Waals surface area contributed by atoms with Crippen LogP contribution < -0.4 is 15.4 Å². The lowest BCUT2D eigenvalue weighted by Gasteiger charge is -2.29. The Bertz CT molecular complexity index is 301. The summed E-state index contributed by atoms with van der Waals surface area (Å²) in [5.74, 6) is -0.409. The number of hydroxylamine groups is 1. The summed E-state index contributed by atoms with van der Waals surface area (Å²) in [5.41, 5.74) is -0.241. The van der Waals surface area contributed by atoms with Gasteiger partial charge in [0.1, 0.15) is 5.69 Å². The van der Waals surface area contributed by atoms with Crippen molar-refractivity contribution in [3.05, 3.63) is 23.4 Å². The number of rotatable bonds is 2. The van der Waals surface area contributed by atoms with E-state index in [1.54, 1.807) is 0 Å². The third kappa shape index (κ3) is 2.00. The van der Waals surface area contributed by atoms with Gasteiger partial charge in [-0.1, -0.05) is 6.07 Å². The van der Waals surface area contributed by atoms with Crippen LogP contribution >= 0.6 is 0 Å². The summed E-state index contributed by atoms with van der Waals surface area (Å²) in [6.07, 6.45) is 0. The molecule has 0 saturated heterocycles. The van der Waals surface area contributed by atoms with Gasteiger partial charge in [-0.15, -0.1) is 11.0 Å². The van der Waals surface area contributed by atoms with E-state index in [1.165, 1.54) is 13.1 Å². The standard InChI is InChI=1S/C7H9N2O4/c1-8(11)6-3-2-5(10)4-7(6)9(12)13/h2-4,10,12-13H,1H3/q-1/p-1. The molecule has 0 saturated carbocycles. The lowest BCUT2D eigenvalue weighted by Crippen LogP contribution is -2.17. The Morgan fingerprint density at radius 2 is 1.85 bits per heavy atom. The van der Waals surface area contributed by atoms with Crippen molar-refractivity contribution in [2.75, 3.05) is 17.3 Å². The van der Waals surface area contributed by atoms with Gasteiger partial charge in [0.2, 0.25) is 0 Å². The van der Waals surface area contributed by atoms with E-state index < -0.39 is 5.75 Å². The molecule has 1 rings (SSSR count). The molecule has 13 heavy (non-hydrogen) atoms. The van der Waals surface area contributed by atoms with Gasteiger partial charge in [0.15, 0.2) is 0 Å². The van der Waals surface area contributed by atoms with Crippen LogP contribution in [0, 0.1) is 5.21 Å². The minimum absolute atomic E-state index is 0.00426. The van der Waals surface area contributed by atoms with E-state index in [9.17, 15) is 10.3 Å². The number of anilines is 2. The molecule has 0 bridgehead atoms. The second kappa shape index (κ2) is 3.48. The normalized spacial score (nSPS) is 9.85. The Morgan fingerprint density at radius 3 is 2.31 bits per heavy atom. The van der Waals surface area contributed by atoms with Crippen LogP contribution in [0.1, 0.15) is 0 Å². The molecule has 0 atom stereocenters. The number of benzene rings is 1. The molecule has 0 unspecified atom stereocenters. The van der Waals surface area contributed by atoms with Crippen molar-refractivity contribution in [1.29, 1.82) is 0 Å². The van der Waals surface area contributed by atoms with Crippen LogP contribution in [0.15, 0.2) is 18.2 Å². The molecule has 0 fully saturated rings. The molecule has 6 nitrogen and oxygen atoms in total. The van der Waals surface area contributed by atoms with Crippen molar-refractivity contribution >= 4 is 11.4 Å². The first-order valence-corrected chi connectivity index (χ1v) is 3.42. The van der Waals surface area contributed by atoms with E-state index >= 15 is 0 Å². The van der Waals surface area contributed by atoms with Gasteiger partial charge in [-0.25, -0.2) is 0 Å². The topological polar surface area (TPSA) is 93.1 Å². The lowest BCUT2D eigenvalue weighted by atomic mass is 10.2. The minimum Gasteiger partial charge on any atom is -0.872 e. The highest BCUT2D eigenvalue weighted by Gasteiger charge is 2.05. The molecule has 0 aliphatic carbocycles. The van der Waals surface area contributed by atoms with E-state index in [4.69, 9.17) is 10.4 Å². The van der Waals surface area contributed by atoms with E-state index in [0.29, 0.717) is 5.06 Å². The first kappa shape index (κ1) is 9.59. The smallest absolute Gasteiger partial charge is 0.116 e. The third-order valence-electron chi connectivity index (χ3n) is 1.50. The zero-order chi connectivity index (χ0) is 10.0. The van der Waals surface area contributed by atoms with Crippen LogP contribution in [0.4, 0.5) is 11.4 Å². The Hall–Kier alpha value is -1.50. The van der Waals surface area contributed by atoms with E-state index in [-0.39, 0.29) is 16.6 Å². The second-order valence-corrected chi connectivity index (χ2v) is 2.44. The highest BCUT2D eigenvalue weighted by atomic mass is 16.8. The second-order valence-electron chi connectivity index (χ2n) is 2.44. The molecule has 0 aliphatic heterocycles. The van der Waals surface area contributed by atoms with Gasteiger partial charge in [-0.3, -0.25) is 10.4 Å². The molecule has 1 aromatic rings. The van der Waals surface area contributed by atoms with Gasteiger partial charge in [-0.2, -0.15) is 0 Å². The first-order chi connectivity index (χ1) is 6.02. The predicted molar refractivity (Wildman–Crippen MR) is 43.7 cm³/mol. The molecule has 0 aliphatic rings. The summed E-state index contributed by atoms with van der Waals surface area (Å²) in [6.45, 7) is 0. The van der Waals surface area contributed by atoms with Crippen molar-refractivity contribution in [3.63, 3.8) is 0 Å². The molecule has 2 N–H and O–H groups in total. The maximum Gasteiger partial charge on any atom is 0.116 e. The Labute approximate surface area is 74.4 Å². The molecule has 0 radical (unpaired) electrons. The number of hydrogen-bond acceptors (Lipinski definition) is 6. The maximum atomic E-state index is 10.8. The zero-order valence-corrected chi connectivity index (χ0v) is 6.84. The van der Waals surface area contributed by atoms with Crippen LogP contribution in [-0.4, -0.2) is 17.5 Å². The van der Waals surface area contributed by atoms with Crippen molar-refractivity contribution in [2.45, 2.75) is 0 Å². The Balaban J connectivity index is 3.19. The monoisotopic (exact) mass is 184 g/mol. The van der Waals surface area contributed by atoms with Crippen LogP contribution in [-0.2, 0) is 0 Å². The number of hydrogen-bond donors (Lipinski definition) is 2. The SMILES string of the molecule is CN([O-])c1ccc([O-])cc1N(O)O. The van der Waals surface area contributed by atoms with Crippen molar-refractivity contribution in [2.24, 2.45) is 0 Å². The summed E-state index contributed by atoms with van der Waals surface area (Å²) in [4.78, 5) is 0. The quantitative estimate of drug-likeness (QED) is 0.641. The molecule has 0 amide bonds. The summed E-state index contributed by atoms with van der Waals surface area (Å²) in [6, 6.07) is 3.32. The Kier molecular flexibility index (Phi) is 2.57. The van der Waals surface area contributed by atoms with Gasteiger partial charge >= 0.3 is 0 Å². The largest absolute Gasteiger partial charge is 0.872 e. The van der Waals surface area contributed by atoms with E-state index in [0.717, 1.165) is 12.1 Å². The van der Waals surface area contributed by atoms with Crippen molar-refractivity contribution < 1.29 is 15.5 Å². The van der Waals surface area contributed by atoms with Crippen LogP contribution in [0.3, 0.4) is 0 Å². The molecule has 1 aromatic carbocycles. The molecule has 0 heterocycles. The van der Waals surface area contributed by atoms with Crippen LogP contribution in [0.25, 0.3) is 0 Å². The molecule has 72 valence electrons. The van der Waals surface area contributed by atoms with E-state index in [1.807, 2.05) is 0 Å². The third-order valence-corrected chi connectivity index (χ3v) is 1.50. The zero-order valence-electron chi connectivity index (χ0n) is 6.84.